The number of carbonyl (C=O) groups is 1. The highest BCUT2D eigenvalue weighted by Gasteiger charge is 2.10. The van der Waals surface area contributed by atoms with E-state index in [0.717, 1.165) is 11.4 Å². The number of nitrogens with zero attached hydrogens (tertiary/aromatic N) is 2. The summed E-state index contributed by atoms with van der Waals surface area (Å²) in [6.45, 7) is 1.75. The Balaban J connectivity index is 2.07. The van der Waals surface area contributed by atoms with E-state index in [1.807, 2.05) is 43.3 Å². The number of anilines is 2. The summed E-state index contributed by atoms with van der Waals surface area (Å²) in [4.78, 5) is 13.8. The van der Waals surface area contributed by atoms with Crippen molar-refractivity contribution in [2.45, 2.75) is 6.92 Å². The van der Waals surface area contributed by atoms with Crippen molar-refractivity contribution >= 4 is 17.3 Å². The summed E-state index contributed by atoms with van der Waals surface area (Å²) in [6.07, 6.45) is 0. The Labute approximate surface area is 105 Å². The van der Waals surface area contributed by atoms with Crippen molar-refractivity contribution in [3.8, 4) is 0 Å². The van der Waals surface area contributed by atoms with Crippen LogP contribution in [0.2, 0.25) is 0 Å². The molecule has 94 valence electrons. The Morgan fingerprint density at radius 3 is 2.44 bits per heavy atom. The number of hydrogen-bond acceptors (Lipinski definition) is 4. The lowest BCUT2D eigenvalue weighted by molar-refractivity contribution is 0.101. The van der Waals surface area contributed by atoms with Crippen LogP contribution < -0.4 is 10.2 Å². The molecular weight excluding hydrogens is 230 g/mol. The highest BCUT2D eigenvalue weighted by Crippen LogP contribution is 2.16. The van der Waals surface area contributed by atoms with E-state index in [1.54, 1.807) is 13.0 Å². The van der Waals surface area contributed by atoms with Gasteiger partial charge in [0.1, 0.15) is 5.76 Å². The second kappa shape index (κ2) is 4.91. The van der Waals surface area contributed by atoms with E-state index in [-0.39, 0.29) is 11.6 Å². The summed E-state index contributed by atoms with van der Waals surface area (Å²) in [7, 11) is 3.93. The topological polar surface area (TPSA) is 58.4 Å². The summed E-state index contributed by atoms with van der Waals surface area (Å²) in [5.41, 5.74) is 2.08. The lowest BCUT2D eigenvalue weighted by Gasteiger charge is -2.12. The standard InChI is InChI=1S/C13H15N3O2/c1-9-8-12(15-18-9)13(17)14-10-4-6-11(7-5-10)16(2)3/h4-8H,1-3H3,(H,14,17). The summed E-state index contributed by atoms with van der Waals surface area (Å²) in [6, 6.07) is 9.16. The highest BCUT2D eigenvalue weighted by molar-refractivity contribution is 6.02. The van der Waals surface area contributed by atoms with E-state index in [0.29, 0.717) is 5.76 Å². The number of nitrogens with one attached hydrogen (secondary N) is 1. The van der Waals surface area contributed by atoms with Crippen LogP contribution in [0.25, 0.3) is 0 Å². The average Bonchev–Trinajstić information content (AvgIpc) is 2.76. The van der Waals surface area contributed by atoms with E-state index in [1.165, 1.54) is 0 Å². The molecule has 1 aromatic heterocycles. The minimum atomic E-state index is -0.274. The number of aryl methyl sites for hydroxylation is 1. The molecule has 0 aliphatic rings. The normalized spacial score (nSPS) is 10.2. The average molecular weight is 245 g/mol. The molecule has 0 radical (unpaired) electrons. The monoisotopic (exact) mass is 245 g/mol. The van der Waals surface area contributed by atoms with Gasteiger partial charge in [0.05, 0.1) is 0 Å². The van der Waals surface area contributed by atoms with Gasteiger partial charge in [0, 0.05) is 31.5 Å². The molecule has 2 aromatic rings. The van der Waals surface area contributed by atoms with Gasteiger partial charge in [-0.3, -0.25) is 4.79 Å². The number of amides is 1. The fourth-order valence-electron chi connectivity index (χ4n) is 1.51. The van der Waals surface area contributed by atoms with Gasteiger partial charge in [-0.15, -0.1) is 0 Å². The van der Waals surface area contributed by atoms with Gasteiger partial charge in [0.15, 0.2) is 5.69 Å². The summed E-state index contributed by atoms with van der Waals surface area (Å²) < 4.78 is 4.86. The first-order valence-corrected chi connectivity index (χ1v) is 5.58. The Bertz CT molecular complexity index is 544. The first-order chi connectivity index (χ1) is 8.56. The van der Waals surface area contributed by atoms with E-state index < -0.39 is 0 Å². The molecule has 0 aliphatic heterocycles. The number of hydrogen-bond donors (Lipinski definition) is 1. The molecule has 1 heterocycles. The van der Waals surface area contributed by atoms with Crippen LogP contribution in [0.15, 0.2) is 34.9 Å². The molecule has 0 atom stereocenters. The van der Waals surface area contributed by atoms with Gasteiger partial charge >= 0.3 is 0 Å². The maximum absolute atomic E-state index is 11.8. The van der Waals surface area contributed by atoms with Crippen LogP contribution in [0.1, 0.15) is 16.2 Å². The van der Waals surface area contributed by atoms with Crippen molar-refractivity contribution in [1.29, 1.82) is 0 Å². The van der Waals surface area contributed by atoms with Crippen molar-refractivity contribution in [3.63, 3.8) is 0 Å². The Hall–Kier alpha value is -2.30. The third-order valence-corrected chi connectivity index (χ3v) is 2.50. The number of benzene rings is 1. The predicted molar refractivity (Wildman–Crippen MR) is 70.0 cm³/mol. The molecule has 0 aliphatic carbocycles. The molecule has 1 N–H and O–H groups in total. The van der Waals surface area contributed by atoms with Crippen LogP contribution in [-0.2, 0) is 0 Å². The second-order valence-electron chi connectivity index (χ2n) is 4.22. The van der Waals surface area contributed by atoms with Crippen LogP contribution in [-0.4, -0.2) is 25.2 Å². The van der Waals surface area contributed by atoms with Gasteiger partial charge in [-0.1, -0.05) is 5.16 Å². The first kappa shape index (κ1) is 12.2. The molecule has 1 amide bonds. The Morgan fingerprint density at radius 1 is 1.28 bits per heavy atom. The number of carbonyl (C=O) groups excluding carboxylic acids is 1. The molecule has 2 rings (SSSR count). The lowest BCUT2D eigenvalue weighted by atomic mass is 10.2. The number of aromatic nitrogens is 1. The first-order valence-electron chi connectivity index (χ1n) is 5.58. The van der Waals surface area contributed by atoms with Gasteiger partial charge < -0.3 is 14.7 Å². The Morgan fingerprint density at radius 2 is 1.94 bits per heavy atom. The molecule has 5 nitrogen and oxygen atoms in total. The third-order valence-electron chi connectivity index (χ3n) is 2.50. The fourth-order valence-corrected chi connectivity index (χ4v) is 1.51. The molecule has 0 bridgehead atoms. The maximum atomic E-state index is 11.8. The molecular formula is C13H15N3O2. The van der Waals surface area contributed by atoms with Crippen molar-refractivity contribution in [1.82, 2.24) is 5.16 Å². The molecule has 0 fully saturated rings. The summed E-state index contributed by atoms with van der Waals surface area (Å²) in [5.74, 6) is 0.340. The van der Waals surface area contributed by atoms with Crippen molar-refractivity contribution in [3.05, 3.63) is 41.8 Å². The van der Waals surface area contributed by atoms with Crippen LogP contribution in [0.4, 0.5) is 11.4 Å². The van der Waals surface area contributed by atoms with Crippen LogP contribution in [0.3, 0.4) is 0 Å². The van der Waals surface area contributed by atoms with Crippen LogP contribution in [0, 0.1) is 6.92 Å². The van der Waals surface area contributed by atoms with Crippen LogP contribution >= 0.6 is 0 Å². The molecule has 1 aromatic carbocycles. The fraction of sp³-hybridized carbons (Fsp3) is 0.231. The van der Waals surface area contributed by atoms with E-state index in [4.69, 9.17) is 4.52 Å². The minimum absolute atomic E-state index is 0.274. The zero-order valence-electron chi connectivity index (χ0n) is 10.6. The van der Waals surface area contributed by atoms with Crippen molar-refractivity contribution in [2.75, 3.05) is 24.3 Å². The smallest absolute Gasteiger partial charge is 0.277 e. The summed E-state index contributed by atoms with van der Waals surface area (Å²) in [5, 5.41) is 6.42. The maximum Gasteiger partial charge on any atom is 0.277 e. The quantitative estimate of drug-likeness (QED) is 0.901. The van der Waals surface area contributed by atoms with Gasteiger partial charge in [0.2, 0.25) is 0 Å². The molecule has 0 unspecified atom stereocenters. The third kappa shape index (κ3) is 2.68. The Kier molecular flexibility index (Phi) is 3.32. The minimum Gasteiger partial charge on any atom is -0.378 e. The second-order valence-corrected chi connectivity index (χ2v) is 4.22. The zero-order chi connectivity index (χ0) is 13.1. The molecule has 0 spiro atoms. The largest absolute Gasteiger partial charge is 0.378 e. The lowest BCUT2D eigenvalue weighted by Crippen LogP contribution is -2.12. The van der Waals surface area contributed by atoms with Gasteiger partial charge in [0.25, 0.3) is 5.91 Å². The van der Waals surface area contributed by atoms with Gasteiger partial charge in [-0.25, -0.2) is 0 Å². The molecule has 0 saturated carbocycles. The van der Waals surface area contributed by atoms with E-state index in [9.17, 15) is 4.79 Å². The van der Waals surface area contributed by atoms with Crippen LogP contribution in [0.5, 0.6) is 0 Å². The van der Waals surface area contributed by atoms with Gasteiger partial charge in [-0.05, 0) is 31.2 Å². The summed E-state index contributed by atoms with van der Waals surface area (Å²) >= 11 is 0. The van der Waals surface area contributed by atoms with E-state index in [2.05, 4.69) is 10.5 Å². The van der Waals surface area contributed by atoms with Gasteiger partial charge in [-0.2, -0.15) is 0 Å². The highest BCUT2D eigenvalue weighted by atomic mass is 16.5. The van der Waals surface area contributed by atoms with Crippen molar-refractivity contribution in [2.24, 2.45) is 0 Å². The molecule has 5 heteroatoms. The number of rotatable bonds is 3. The van der Waals surface area contributed by atoms with E-state index >= 15 is 0 Å². The molecule has 0 saturated heterocycles. The predicted octanol–water partition coefficient (Wildman–Crippen LogP) is 2.30. The molecule has 18 heavy (non-hydrogen) atoms. The SMILES string of the molecule is Cc1cc(C(=O)Nc2ccc(N(C)C)cc2)no1. The zero-order valence-corrected chi connectivity index (χ0v) is 10.6. The van der Waals surface area contributed by atoms with Crippen molar-refractivity contribution < 1.29 is 9.32 Å².